The molecule has 0 unspecified atom stereocenters. The molecule has 4 heteroatoms. The Kier molecular flexibility index (Phi) is 2.46. The predicted octanol–water partition coefficient (Wildman–Crippen LogP) is 0.759. The summed E-state index contributed by atoms with van der Waals surface area (Å²) in [6, 6.07) is 6.39. The summed E-state index contributed by atoms with van der Waals surface area (Å²) in [4.78, 5) is 2.40. The van der Waals surface area contributed by atoms with Crippen LogP contribution >= 0.6 is 0 Å². The monoisotopic (exact) mass is 219 g/mol. The van der Waals surface area contributed by atoms with Gasteiger partial charge in [0, 0.05) is 30.9 Å². The molecule has 0 atom stereocenters. The molecule has 3 rings (SSSR count). The SMILES string of the molecule is NN1CCc2c1cccc2N1CCOCC1. The van der Waals surface area contributed by atoms with Crippen molar-refractivity contribution in [2.24, 2.45) is 5.84 Å². The van der Waals surface area contributed by atoms with Gasteiger partial charge in [-0.25, -0.2) is 5.84 Å². The maximum atomic E-state index is 5.93. The molecule has 4 nitrogen and oxygen atoms in total. The number of hydrogen-bond donors (Lipinski definition) is 1. The Labute approximate surface area is 95.6 Å². The lowest BCUT2D eigenvalue weighted by Crippen LogP contribution is -2.36. The summed E-state index contributed by atoms with van der Waals surface area (Å²) in [7, 11) is 0. The molecule has 0 bridgehead atoms. The zero-order chi connectivity index (χ0) is 11.0. The van der Waals surface area contributed by atoms with E-state index in [1.807, 2.05) is 5.01 Å². The van der Waals surface area contributed by atoms with E-state index in [1.165, 1.54) is 16.9 Å². The first kappa shape index (κ1) is 9.93. The standard InChI is InChI=1S/C12H17N3O/c13-15-5-4-10-11(2-1-3-12(10)15)14-6-8-16-9-7-14/h1-3H,4-9,13H2. The minimum absolute atomic E-state index is 0.829. The molecule has 86 valence electrons. The highest BCUT2D eigenvalue weighted by Crippen LogP contribution is 2.34. The maximum absolute atomic E-state index is 5.93. The summed E-state index contributed by atoms with van der Waals surface area (Å²) in [5.41, 5.74) is 3.92. The second-order valence-electron chi connectivity index (χ2n) is 4.32. The molecule has 1 aromatic rings. The van der Waals surface area contributed by atoms with Gasteiger partial charge in [-0.3, -0.25) is 0 Å². The van der Waals surface area contributed by atoms with Crippen molar-refractivity contribution in [1.29, 1.82) is 0 Å². The van der Waals surface area contributed by atoms with E-state index in [2.05, 4.69) is 23.1 Å². The molecule has 1 aromatic carbocycles. The highest BCUT2D eigenvalue weighted by atomic mass is 16.5. The van der Waals surface area contributed by atoms with E-state index in [9.17, 15) is 0 Å². The zero-order valence-electron chi connectivity index (χ0n) is 9.35. The first-order valence-electron chi connectivity index (χ1n) is 5.83. The minimum Gasteiger partial charge on any atom is -0.378 e. The lowest BCUT2D eigenvalue weighted by molar-refractivity contribution is 0.122. The van der Waals surface area contributed by atoms with Crippen LogP contribution < -0.4 is 15.8 Å². The molecule has 0 amide bonds. The molecular formula is C12H17N3O. The molecule has 0 saturated carbocycles. The van der Waals surface area contributed by atoms with Crippen LogP contribution in [0.2, 0.25) is 0 Å². The number of anilines is 2. The molecular weight excluding hydrogens is 202 g/mol. The molecule has 0 radical (unpaired) electrons. The molecule has 0 aromatic heterocycles. The van der Waals surface area contributed by atoms with Gasteiger partial charge in [-0.15, -0.1) is 0 Å². The van der Waals surface area contributed by atoms with Crippen molar-refractivity contribution in [3.63, 3.8) is 0 Å². The molecule has 0 aliphatic carbocycles. The van der Waals surface area contributed by atoms with E-state index in [1.54, 1.807) is 0 Å². The van der Waals surface area contributed by atoms with Gasteiger partial charge in [-0.05, 0) is 18.6 Å². The van der Waals surface area contributed by atoms with Crippen molar-refractivity contribution < 1.29 is 4.74 Å². The molecule has 2 heterocycles. The van der Waals surface area contributed by atoms with Crippen LogP contribution in [0.3, 0.4) is 0 Å². The van der Waals surface area contributed by atoms with Crippen LogP contribution in [0.5, 0.6) is 0 Å². The van der Waals surface area contributed by atoms with E-state index in [-0.39, 0.29) is 0 Å². The van der Waals surface area contributed by atoms with Gasteiger partial charge in [0.25, 0.3) is 0 Å². The maximum Gasteiger partial charge on any atom is 0.0642 e. The fraction of sp³-hybridized carbons (Fsp3) is 0.500. The Morgan fingerprint density at radius 3 is 2.62 bits per heavy atom. The van der Waals surface area contributed by atoms with Gasteiger partial charge in [-0.2, -0.15) is 0 Å². The topological polar surface area (TPSA) is 41.7 Å². The second-order valence-corrected chi connectivity index (χ2v) is 4.32. The van der Waals surface area contributed by atoms with Gasteiger partial charge in [0.2, 0.25) is 0 Å². The van der Waals surface area contributed by atoms with Gasteiger partial charge in [0.15, 0.2) is 0 Å². The average molecular weight is 219 g/mol. The van der Waals surface area contributed by atoms with Gasteiger partial charge in [0.05, 0.1) is 18.9 Å². The third kappa shape index (κ3) is 1.54. The van der Waals surface area contributed by atoms with E-state index < -0.39 is 0 Å². The van der Waals surface area contributed by atoms with E-state index in [0.717, 1.165) is 39.3 Å². The Balaban J connectivity index is 1.95. The zero-order valence-corrected chi connectivity index (χ0v) is 9.35. The summed E-state index contributed by atoms with van der Waals surface area (Å²) < 4.78 is 5.38. The van der Waals surface area contributed by atoms with Crippen LogP contribution in [0.25, 0.3) is 0 Å². The average Bonchev–Trinajstić information content (AvgIpc) is 2.73. The van der Waals surface area contributed by atoms with Gasteiger partial charge in [0.1, 0.15) is 0 Å². The van der Waals surface area contributed by atoms with Gasteiger partial charge in [-0.1, -0.05) is 6.07 Å². The molecule has 1 fully saturated rings. The lowest BCUT2D eigenvalue weighted by Gasteiger charge is -2.30. The van der Waals surface area contributed by atoms with Crippen LogP contribution in [0.15, 0.2) is 18.2 Å². The van der Waals surface area contributed by atoms with Crippen molar-refractivity contribution >= 4 is 11.4 Å². The largest absolute Gasteiger partial charge is 0.378 e. The highest BCUT2D eigenvalue weighted by Gasteiger charge is 2.22. The number of nitrogens with two attached hydrogens (primary N) is 1. The normalized spacial score (nSPS) is 20.1. The van der Waals surface area contributed by atoms with E-state index >= 15 is 0 Å². The van der Waals surface area contributed by atoms with Gasteiger partial charge >= 0.3 is 0 Å². The molecule has 0 spiro atoms. The summed E-state index contributed by atoms with van der Waals surface area (Å²) in [5, 5.41) is 1.85. The number of hydrogen-bond acceptors (Lipinski definition) is 4. The fourth-order valence-corrected chi connectivity index (χ4v) is 2.54. The fourth-order valence-electron chi connectivity index (χ4n) is 2.54. The smallest absolute Gasteiger partial charge is 0.0642 e. The molecule has 2 aliphatic rings. The Morgan fingerprint density at radius 2 is 1.81 bits per heavy atom. The number of nitrogens with zero attached hydrogens (tertiary/aromatic N) is 2. The van der Waals surface area contributed by atoms with Crippen LogP contribution in [-0.4, -0.2) is 32.8 Å². The molecule has 1 saturated heterocycles. The summed E-state index contributed by atoms with van der Waals surface area (Å²) in [5.74, 6) is 5.93. The first-order chi connectivity index (χ1) is 7.86. The van der Waals surface area contributed by atoms with Crippen molar-refractivity contribution in [3.8, 4) is 0 Å². The number of benzene rings is 1. The van der Waals surface area contributed by atoms with Crippen molar-refractivity contribution in [3.05, 3.63) is 23.8 Å². The van der Waals surface area contributed by atoms with Crippen LogP contribution in [0.4, 0.5) is 11.4 Å². The third-order valence-electron chi connectivity index (χ3n) is 3.39. The summed E-state index contributed by atoms with van der Waals surface area (Å²) >= 11 is 0. The van der Waals surface area contributed by atoms with E-state index in [4.69, 9.17) is 10.6 Å². The second kappa shape index (κ2) is 3.96. The Hall–Kier alpha value is -1.26. The highest BCUT2D eigenvalue weighted by molar-refractivity contribution is 5.70. The van der Waals surface area contributed by atoms with Crippen molar-refractivity contribution in [2.45, 2.75) is 6.42 Å². The quantitative estimate of drug-likeness (QED) is 0.708. The van der Waals surface area contributed by atoms with Crippen LogP contribution in [0.1, 0.15) is 5.56 Å². The minimum atomic E-state index is 0.829. The number of ether oxygens (including phenoxy) is 1. The Morgan fingerprint density at radius 1 is 1.06 bits per heavy atom. The number of fused-ring (bicyclic) bond motifs is 1. The number of rotatable bonds is 1. The summed E-state index contributed by atoms with van der Waals surface area (Å²) in [6.45, 7) is 4.56. The van der Waals surface area contributed by atoms with Crippen molar-refractivity contribution in [2.75, 3.05) is 42.8 Å². The Bertz CT molecular complexity index is 388. The van der Waals surface area contributed by atoms with E-state index in [0.29, 0.717) is 0 Å². The van der Waals surface area contributed by atoms with Crippen LogP contribution in [0, 0.1) is 0 Å². The molecule has 2 N–H and O–H groups in total. The van der Waals surface area contributed by atoms with Crippen molar-refractivity contribution in [1.82, 2.24) is 0 Å². The third-order valence-corrected chi connectivity index (χ3v) is 3.39. The summed E-state index contributed by atoms with van der Waals surface area (Å²) in [6.07, 6.45) is 1.05. The predicted molar refractivity (Wildman–Crippen MR) is 64.7 cm³/mol. The lowest BCUT2D eigenvalue weighted by atomic mass is 10.1. The molecule has 16 heavy (non-hydrogen) atoms. The number of morpholine rings is 1. The first-order valence-corrected chi connectivity index (χ1v) is 5.83. The van der Waals surface area contributed by atoms with Crippen LogP contribution in [-0.2, 0) is 11.2 Å². The number of hydrazine groups is 1. The van der Waals surface area contributed by atoms with Gasteiger partial charge < -0.3 is 14.6 Å². The molecule has 2 aliphatic heterocycles.